The predicted octanol–water partition coefficient (Wildman–Crippen LogP) is 0.670. The summed E-state index contributed by atoms with van der Waals surface area (Å²) in [6, 6.07) is 0. The zero-order chi connectivity index (χ0) is 4.12. The molecule has 0 rings (SSSR count). The SMILES string of the molecule is [CH2]COCP. The molecule has 5 heavy (non-hydrogen) atoms. The number of ether oxygens (including phenoxy) is 1. The van der Waals surface area contributed by atoms with Gasteiger partial charge in [0.15, 0.2) is 0 Å². The molecule has 0 aromatic heterocycles. The van der Waals surface area contributed by atoms with Gasteiger partial charge in [-0.2, -0.15) is 0 Å². The van der Waals surface area contributed by atoms with Crippen LogP contribution in [-0.2, 0) is 4.74 Å². The highest BCUT2D eigenvalue weighted by atomic mass is 31.0. The van der Waals surface area contributed by atoms with Gasteiger partial charge in [-0.1, -0.05) is 0 Å². The van der Waals surface area contributed by atoms with E-state index in [4.69, 9.17) is 0 Å². The molecule has 0 aliphatic carbocycles. The average molecular weight is 91.1 g/mol. The highest BCUT2D eigenvalue weighted by Crippen LogP contribution is 1.78. The Morgan fingerprint density at radius 1 is 1.80 bits per heavy atom. The molecule has 1 nitrogen and oxygen atoms in total. The highest BCUT2D eigenvalue weighted by molar-refractivity contribution is 7.16. The summed E-state index contributed by atoms with van der Waals surface area (Å²) in [7, 11) is 2.44. The summed E-state index contributed by atoms with van der Waals surface area (Å²) in [4.78, 5) is 0. The molecule has 0 bridgehead atoms. The van der Waals surface area contributed by atoms with E-state index in [9.17, 15) is 0 Å². The molecule has 0 aromatic carbocycles. The quantitative estimate of drug-likeness (QED) is 0.454. The third-order valence-corrected chi connectivity index (χ3v) is 0.498. The Bertz CT molecular complexity index is 14.4. The van der Waals surface area contributed by atoms with Crippen molar-refractivity contribution < 1.29 is 4.74 Å². The van der Waals surface area contributed by atoms with Crippen molar-refractivity contribution in [3.05, 3.63) is 6.92 Å². The van der Waals surface area contributed by atoms with Crippen LogP contribution in [0.5, 0.6) is 0 Å². The zero-order valence-corrected chi connectivity index (χ0v) is 4.26. The first-order valence-corrected chi connectivity index (χ1v) is 2.30. The van der Waals surface area contributed by atoms with Crippen molar-refractivity contribution in [3.63, 3.8) is 0 Å². The molecule has 2 heteroatoms. The molecule has 0 aliphatic rings. The highest BCUT2D eigenvalue weighted by Gasteiger charge is 1.64. The minimum Gasteiger partial charge on any atom is -0.378 e. The first-order chi connectivity index (χ1) is 2.41. The van der Waals surface area contributed by atoms with Gasteiger partial charge in [-0.15, -0.1) is 9.24 Å². The summed E-state index contributed by atoms with van der Waals surface area (Å²) < 4.78 is 4.69. The standard InChI is InChI=1S/C3H8OP/c1-2-4-3-5/h1-3,5H2. The van der Waals surface area contributed by atoms with E-state index < -0.39 is 0 Å². The Balaban J connectivity index is 2.19. The van der Waals surface area contributed by atoms with Crippen LogP contribution in [0.25, 0.3) is 0 Å². The Morgan fingerprint density at radius 2 is 2.40 bits per heavy atom. The number of hydrogen-bond donors (Lipinski definition) is 0. The molecular weight excluding hydrogens is 83.0 g/mol. The lowest BCUT2D eigenvalue weighted by Gasteiger charge is -1.86. The van der Waals surface area contributed by atoms with Crippen LogP contribution in [0.3, 0.4) is 0 Å². The van der Waals surface area contributed by atoms with Crippen molar-refractivity contribution >= 4 is 9.24 Å². The Hall–Kier alpha value is 0.390. The van der Waals surface area contributed by atoms with E-state index in [-0.39, 0.29) is 0 Å². The Kier molecular flexibility index (Phi) is 4.73. The van der Waals surface area contributed by atoms with Gasteiger partial charge in [0, 0.05) is 6.61 Å². The fourth-order valence-corrected chi connectivity index (χ4v) is 0.250. The molecule has 0 aromatic rings. The molecule has 0 N–H and O–H groups in total. The van der Waals surface area contributed by atoms with E-state index in [2.05, 4.69) is 20.9 Å². The molecule has 0 saturated heterocycles. The van der Waals surface area contributed by atoms with Crippen LogP contribution >= 0.6 is 9.24 Å². The van der Waals surface area contributed by atoms with Crippen molar-refractivity contribution in [3.8, 4) is 0 Å². The molecule has 0 amide bonds. The summed E-state index contributed by atoms with van der Waals surface area (Å²) in [5, 5.41) is 0. The van der Waals surface area contributed by atoms with E-state index >= 15 is 0 Å². The first kappa shape index (κ1) is 5.39. The molecule has 0 spiro atoms. The number of hydrogen-bond acceptors (Lipinski definition) is 1. The lowest BCUT2D eigenvalue weighted by Crippen LogP contribution is -1.81. The maximum absolute atomic E-state index is 4.69. The van der Waals surface area contributed by atoms with Crippen molar-refractivity contribution in [2.75, 3.05) is 13.0 Å². The molecule has 1 unspecified atom stereocenters. The topological polar surface area (TPSA) is 9.23 Å². The predicted molar refractivity (Wildman–Crippen MR) is 25.9 cm³/mol. The second-order valence-corrected chi connectivity index (χ2v) is 0.908. The van der Waals surface area contributed by atoms with Crippen molar-refractivity contribution in [1.82, 2.24) is 0 Å². The van der Waals surface area contributed by atoms with Crippen LogP contribution in [0.1, 0.15) is 0 Å². The lowest BCUT2D eigenvalue weighted by molar-refractivity contribution is 0.214. The molecule has 0 saturated carbocycles. The van der Waals surface area contributed by atoms with Crippen LogP contribution in [0.15, 0.2) is 0 Å². The van der Waals surface area contributed by atoms with Gasteiger partial charge in [-0.25, -0.2) is 0 Å². The van der Waals surface area contributed by atoms with Gasteiger partial charge in [0.05, 0.1) is 6.35 Å². The van der Waals surface area contributed by atoms with Gasteiger partial charge >= 0.3 is 0 Å². The maximum atomic E-state index is 4.69. The zero-order valence-electron chi connectivity index (χ0n) is 3.11. The summed E-state index contributed by atoms with van der Waals surface area (Å²) in [5.41, 5.74) is 0. The molecule has 0 fully saturated rings. The summed E-state index contributed by atoms with van der Waals surface area (Å²) in [6.07, 6.45) is 0.698. The molecular formula is C3H8OP. The normalized spacial score (nSPS) is 8.40. The summed E-state index contributed by atoms with van der Waals surface area (Å²) >= 11 is 0. The van der Waals surface area contributed by atoms with Gasteiger partial charge in [-0.3, -0.25) is 0 Å². The Morgan fingerprint density at radius 3 is 2.40 bits per heavy atom. The minimum absolute atomic E-state index is 0.573. The molecule has 1 radical (unpaired) electrons. The van der Waals surface area contributed by atoms with Gasteiger partial charge < -0.3 is 4.74 Å². The van der Waals surface area contributed by atoms with Gasteiger partial charge in [0.1, 0.15) is 0 Å². The second kappa shape index (κ2) is 4.39. The van der Waals surface area contributed by atoms with Gasteiger partial charge in [0.2, 0.25) is 0 Å². The van der Waals surface area contributed by atoms with Crippen molar-refractivity contribution in [1.29, 1.82) is 0 Å². The fourth-order valence-electron chi connectivity index (χ4n) is 0.0833. The van der Waals surface area contributed by atoms with Gasteiger partial charge in [-0.05, 0) is 6.92 Å². The fraction of sp³-hybridized carbons (Fsp3) is 0.667. The van der Waals surface area contributed by atoms with Crippen LogP contribution in [0.2, 0.25) is 0 Å². The smallest absolute Gasteiger partial charge is 0.0602 e. The van der Waals surface area contributed by atoms with E-state index in [0.29, 0.717) is 13.0 Å². The molecule has 0 aliphatic heterocycles. The van der Waals surface area contributed by atoms with Crippen LogP contribution in [0.4, 0.5) is 0 Å². The van der Waals surface area contributed by atoms with Crippen LogP contribution in [0, 0.1) is 6.92 Å². The second-order valence-electron chi connectivity index (χ2n) is 0.575. The largest absolute Gasteiger partial charge is 0.378 e. The minimum atomic E-state index is 0.573. The van der Waals surface area contributed by atoms with Crippen molar-refractivity contribution in [2.24, 2.45) is 0 Å². The molecule has 31 valence electrons. The third-order valence-electron chi connectivity index (χ3n) is 0.262. The van der Waals surface area contributed by atoms with Crippen molar-refractivity contribution in [2.45, 2.75) is 0 Å². The monoisotopic (exact) mass is 91.0 g/mol. The van der Waals surface area contributed by atoms with Crippen LogP contribution < -0.4 is 0 Å². The van der Waals surface area contributed by atoms with E-state index in [0.717, 1.165) is 0 Å². The van der Waals surface area contributed by atoms with Crippen LogP contribution in [-0.4, -0.2) is 13.0 Å². The van der Waals surface area contributed by atoms with E-state index in [1.807, 2.05) is 0 Å². The van der Waals surface area contributed by atoms with E-state index in [1.54, 1.807) is 0 Å². The Labute approximate surface area is 34.9 Å². The lowest BCUT2D eigenvalue weighted by atomic mass is 10.9. The average Bonchev–Trinajstić information content (AvgIpc) is 1.41. The third kappa shape index (κ3) is 4.39. The summed E-state index contributed by atoms with van der Waals surface area (Å²) in [5.74, 6) is 0. The molecule has 1 atom stereocenters. The van der Waals surface area contributed by atoms with Gasteiger partial charge in [0.25, 0.3) is 0 Å². The number of rotatable bonds is 2. The molecule has 0 heterocycles. The summed E-state index contributed by atoms with van der Waals surface area (Å²) in [6.45, 7) is 4.01. The first-order valence-electron chi connectivity index (χ1n) is 1.49. The van der Waals surface area contributed by atoms with E-state index in [1.165, 1.54) is 0 Å². The maximum Gasteiger partial charge on any atom is 0.0602 e.